The summed E-state index contributed by atoms with van der Waals surface area (Å²) in [6.45, 7) is 3.60. The lowest BCUT2D eigenvalue weighted by atomic mass is 10.0. The number of rotatable bonds is 5. The number of hydrogen-bond donors (Lipinski definition) is 2. The molecular formula is C19H17ClF3N3O. The highest BCUT2D eigenvalue weighted by Gasteiger charge is 2.31. The molecule has 0 heterocycles. The predicted molar refractivity (Wildman–Crippen MR) is 98.5 cm³/mol. The molecule has 2 aromatic carbocycles. The van der Waals surface area contributed by atoms with Gasteiger partial charge in [-0.2, -0.15) is 18.4 Å². The summed E-state index contributed by atoms with van der Waals surface area (Å²) in [5, 5.41) is 14.3. The van der Waals surface area contributed by atoms with Gasteiger partial charge in [0.2, 0.25) is 5.91 Å². The maximum atomic E-state index is 12.8. The van der Waals surface area contributed by atoms with E-state index in [2.05, 4.69) is 10.6 Å². The highest BCUT2D eigenvalue weighted by Crippen LogP contribution is 2.34. The molecule has 1 amide bonds. The highest BCUT2D eigenvalue weighted by molar-refractivity contribution is 6.33. The molecule has 2 aromatic rings. The Morgan fingerprint density at radius 2 is 1.78 bits per heavy atom. The van der Waals surface area contributed by atoms with Crippen molar-refractivity contribution in [2.75, 3.05) is 10.6 Å². The third kappa shape index (κ3) is 5.38. The lowest BCUT2D eigenvalue weighted by Crippen LogP contribution is -2.39. The molecule has 4 nitrogen and oxygen atoms in total. The summed E-state index contributed by atoms with van der Waals surface area (Å²) < 4.78 is 38.3. The number of anilines is 2. The van der Waals surface area contributed by atoms with Gasteiger partial charge >= 0.3 is 6.18 Å². The third-order valence-corrected chi connectivity index (χ3v) is 4.15. The summed E-state index contributed by atoms with van der Waals surface area (Å²) in [6.07, 6.45) is -4.49. The molecule has 8 heteroatoms. The van der Waals surface area contributed by atoms with Crippen LogP contribution in [0.5, 0.6) is 0 Å². The maximum Gasteiger partial charge on any atom is 0.416 e. The molecule has 2 rings (SSSR count). The lowest BCUT2D eigenvalue weighted by Gasteiger charge is -2.23. The van der Waals surface area contributed by atoms with Crippen molar-refractivity contribution in [3.05, 3.63) is 58.6 Å². The van der Waals surface area contributed by atoms with E-state index >= 15 is 0 Å². The first-order valence-corrected chi connectivity index (χ1v) is 8.44. The van der Waals surface area contributed by atoms with Gasteiger partial charge in [0.05, 0.1) is 27.9 Å². The molecule has 0 spiro atoms. The van der Waals surface area contributed by atoms with Crippen molar-refractivity contribution in [1.29, 1.82) is 5.26 Å². The van der Waals surface area contributed by atoms with E-state index in [0.29, 0.717) is 11.3 Å². The van der Waals surface area contributed by atoms with Gasteiger partial charge < -0.3 is 10.6 Å². The standard InChI is InChI=1S/C19H17ClF3N3O/c1-11(2)17(18(27)25-14-6-3-12(10-24)4-7-14)26-16-8-5-13(9-15(16)20)19(21,22)23/h3-9,11,17,26H,1-2H3,(H,25,27). The molecule has 0 aliphatic heterocycles. The van der Waals surface area contributed by atoms with Crippen LogP contribution in [0.25, 0.3) is 0 Å². The molecule has 0 fully saturated rings. The molecule has 0 radical (unpaired) electrons. The number of carbonyl (C=O) groups is 1. The zero-order chi connectivity index (χ0) is 20.2. The zero-order valence-electron chi connectivity index (χ0n) is 14.6. The molecule has 27 heavy (non-hydrogen) atoms. The van der Waals surface area contributed by atoms with Crippen LogP contribution in [0.15, 0.2) is 42.5 Å². The molecule has 0 aliphatic carbocycles. The number of benzene rings is 2. The molecule has 142 valence electrons. The van der Waals surface area contributed by atoms with Gasteiger partial charge in [0.1, 0.15) is 6.04 Å². The van der Waals surface area contributed by atoms with E-state index in [0.717, 1.165) is 12.1 Å². The van der Waals surface area contributed by atoms with Crippen LogP contribution < -0.4 is 10.6 Å². The SMILES string of the molecule is CC(C)C(Nc1ccc(C(F)(F)F)cc1Cl)C(=O)Nc1ccc(C#N)cc1. The molecule has 0 aromatic heterocycles. The summed E-state index contributed by atoms with van der Waals surface area (Å²) in [6, 6.07) is 10.5. The van der Waals surface area contributed by atoms with Crippen molar-refractivity contribution in [1.82, 2.24) is 0 Å². The summed E-state index contributed by atoms with van der Waals surface area (Å²) in [4.78, 5) is 12.6. The zero-order valence-corrected chi connectivity index (χ0v) is 15.3. The van der Waals surface area contributed by atoms with Crippen LogP contribution in [0.3, 0.4) is 0 Å². The van der Waals surface area contributed by atoms with Gasteiger partial charge in [0, 0.05) is 5.69 Å². The second-order valence-electron chi connectivity index (χ2n) is 6.24. The van der Waals surface area contributed by atoms with Crippen molar-refractivity contribution in [3.63, 3.8) is 0 Å². The van der Waals surface area contributed by atoms with Crippen molar-refractivity contribution in [3.8, 4) is 6.07 Å². The summed E-state index contributed by atoms with van der Waals surface area (Å²) in [5.74, 6) is -0.535. The molecule has 2 N–H and O–H groups in total. The topological polar surface area (TPSA) is 64.9 Å². The molecule has 0 saturated heterocycles. The second kappa shape index (κ2) is 8.31. The Kier molecular flexibility index (Phi) is 6.34. The number of alkyl halides is 3. The van der Waals surface area contributed by atoms with Gasteiger partial charge in [-0.1, -0.05) is 25.4 Å². The van der Waals surface area contributed by atoms with Gasteiger partial charge in [-0.25, -0.2) is 0 Å². The lowest BCUT2D eigenvalue weighted by molar-refractivity contribution is -0.137. The molecule has 0 saturated carbocycles. The Morgan fingerprint density at radius 1 is 1.15 bits per heavy atom. The fraction of sp³-hybridized carbons (Fsp3) is 0.263. The first-order valence-electron chi connectivity index (χ1n) is 8.06. The number of nitriles is 1. The van der Waals surface area contributed by atoms with Crippen LogP contribution in [-0.2, 0) is 11.0 Å². The number of amides is 1. The Labute approximate surface area is 159 Å². The monoisotopic (exact) mass is 395 g/mol. The Bertz CT molecular complexity index is 858. The number of nitrogens with zero attached hydrogens (tertiary/aromatic N) is 1. The highest BCUT2D eigenvalue weighted by atomic mass is 35.5. The van der Waals surface area contributed by atoms with E-state index < -0.39 is 17.8 Å². The van der Waals surface area contributed by atoms with Gasteiger partial charge in [-0.05, 0) is 48.4 Å². The van der Waals surface area contributed by atoms with E-state index in [1.54, 1.807) is 38.1 Å². The van der Waals surface area contributed by atoms with Gasteiger partial charge in [0.25, 0.3) is 0 Å². The normalized spacial score (nSPS) is 12.4. The average molecular weight is 396 g/mol. The molecule has 0 bridgehead atoms. The predicted octanol–water partition coefficient (Wildman–Crippen LogP) is 5.31. The smallest absolute Gasteiger partial charge is 0.372 e. The first kappa shape index (κ1) is 20.6. The maximum absolute atomic E-state index is 12.8. The summed E-state index contributed by atoms with van der Waals surface area (Å²) in [7, 11) is 0. The average Bonchev–Trinajstić information content (AvgIpc) is 2.60. The minimum Gasteiger partial charge on any atom is -0.372 e. The van der Waals surface area contributed by atoms with Crippen LogP contribution in [0.2, 0.25) is 5.02 Å². The fourth-order valence-electron chi connectivity index (χ4n) is 2.36. The first-order chi connectivity index (χ1) is 12.6. The van der Waals surface area contributed by atoms with E-state index in [9.17, 15) is 18.0 Å². The Hall–Kier alpha value is -2.72. The third-order valence-electron chi connectivity index (χ3n) is 3.84. The number of nitrogens with one attached hydrogen (secondary N) is 2. The van der Waals surface area contributed by atoms with Crippen molar-refractivity contribution in [2.24, 2.45) is 5.92 Å². The van der Waals surface area contributed by atoms with Gasteiger partial charge in [-0.3, -0.25) is 4.79 Å². The molecule has 1 unspecified atom stereocenters. The number of carbonyl (C=O) groups excluding carboxylic acids is 1. The van der Waals surface area contributed by atoms with Crippen molar-refractivity contribution < 1.29 is 18.0 Å². The minimum absolute atomic E-state index is 0.123. The van der Waals surface area contributed by atoms with Crippen molar-refractivity contribution in [2.45, 2.75) is 26.1 Å². The van der Waals surface area contributed by atoms with Crippen LogP contribution in [0, 0.1) is 17.2 Å². The molecule has 1 atom stereocenters. The minimum atomic E-state index is -4.49. The second-order valence-corrected chi connectivity index (χ2v) is 6.64. The van der Waals surface area contributed by atoms with E-state index in [-0.39, 0.29) is 22.5 Å². The Morgan fingerprint density at radius 3 is 2.26 bits per heavy atom. The van der Waals surface area contributed by atoms with Gasteiger partial charge in [0.15, 0.2) is 0 Å². The summed E-state index contributed by atoms with van der Waals surface area (Å²) >= 11 is 5.96. The Balaban J connectivity index is 2.17. The van der Waals surface area contributed by atoms with Crippen molar-refractivity contribution >= 4 is 28.9 Å². The van der Waals surface area contributed by atoms with E-state index in [1.165, 1.54) is 6.07 Å². The molecular weight excluding hydrogens is 379 g/mol. The number of hydrogen-bond acceptors (Lipinski definition) is 3. The fourth-order valence-corrected chi connectivity index (χ4v) is 2.59. The quantitative estimate of drug-likeness (QED) is 0.721. The van der Waals surface area contributed by atoms with Crippen LogP contribution in [-0.4, -0.2) is 11.9 Å². The van der Waals surface area contributed by atoms with Crippen LogP contribution in [0.4, 0.5) is 24.5 Å². The van der Waals surface area contributed by atoms with E-state index in [1.807, 2.05) is 6.07 Å². The van der Waals surface area contributed by atoms with Crippen LogP contribution >= 0.6 is 11.6 Å². The van der Waals surface area contributed by atoms with E-state index in [4.69, 9.17) is 16.9 Å². The largest absolute Gasteiger partial charge is 0.416 e. The summed E-state index contributed by atoms with van der Waals surface area (Å²) in [5.41, 5.74) is 0.340. The van der Waals surface area contributed by atoms with Crippen LogP contribution in [0.1, 0.15) is 25.0 Å². The van der Waals surface area contributed by atoms with Gasteiger partial charge in [-0.15, -0.1) is 0 Å². The number of halogens is 4. The molecule has 0 aliphatic rings.